The van der Waals surface area contributed by atoms with Crippen LogP contribution in [0.15, 0.2) is 12.2 Å². The van der Waals surface area contributed by atoms with Gasteiger partial charge in [0.15, 0.2) is 0 Å². The van der Waals surface area contributed by atoms with Crippen molar-refractivity contribution < 1.29 is 62.6 Å². The Morgan fingerprint density at radius 2 is 0.978 bits per heavy atom. The van der Waals surface area contributed by atoms with Crippen molar-refractivity contribution in [3.63, 3.8) is 0 Å². The van der Waals surface area contributed by atoms with Crippen molar-refractivity contribution in [1.29, 1.82) is 0 Å². The maximum absolute atomic E-state index is 15.3. The maximum atomic E-state index is 15.3. The van der Waals surface area contributed by atoms with E-state index in [1.54, 1.807) is 68.5 Å². The van der Waals surface area contributed by atoms with E-state index in [9.17, 15) is 29.1 Å². The van der Waals surface area contributed by atoms with Gasteiger partial charge in [-0.1, -0.05) is 102 Å². The molecule has 25 nitrogen and oxygen atoms in total. The first-order valence-electron chi connectivity index (χ1n) is 33.2. The van der Waals surface area contributed by atoms with Crippen LogP contribution in [0.1, 0.15) is 162 Å². The summed E-state index contributed by atoms with van der Waals surface area (Å²) in [4.78, 5) is 172. The monoisotopic (exact) mass is 1300 g/mol. The molecule has 0 aromatic rings. The van der Waals surface area contributed by atoms with Crippen molar-refractivity contribution in [2.45, 2.75) is 235 Å². The highest BCUT2D eigenvalue weighted by molar-refractivity contribution is 6.00. The summed E-state index contributed by atoms with van der Waals surface area (Å²) in [5.41, 5.74) is 0. The van der Waals surface area contributed by atoms with E-state index in [-0.39, 0.29) is 56.5 Å². The SMILES string of the molecule is C/C=C/C[C@@H](C)[C@@H](O)[C@H]1C(=O)N[C@@H](CC)C(=O)N(C)[C@H](CCCNC)C(=O)N(C)[C@@H]([C@H](C)COC)C(=O)N[C@@H](C(C)C)C(=O)N(C)[C@@H](CCC(C)C)C(=O)N[C@@H](C)C(=O)N[C@H](C)C(=O)N(C)[C@@H](CC(C)C)C(=O)N(C)[C@@H](CC(C)C)C(=O)N(C)[C@@H](C(C)C)C(=O)N1C. The van der Waals surface area contributed by atoms with Gasteiger partial charge in [0.1, 0.15) is 66.5 Å². The van der Waals surface area contributed by atoms with Crippen LogP contribution in [-0.4, -0.2) is 254 Å². The Labute approximate surface area is 551 Å². The molecule has 1 aliphatic rings. The summed E-state index contributed by atoms with van der Waals surface area (Å²) in [7, 11) is 13.2. The molecule has 528 valence electrons. The lowest BCUT2D eigenvalue weighted by Gasteiger charge is -2.41. The molecule has 1 aliphatic heterocycles. The third-order valence-electron chi connectivity index (χ3n) is 17.8. The van der Waals surface area contributed by atoms with Crippen LogP contribution in [0.25, 0.3) is 0 Å². The Hall–Kier alpha value is -6.21. The molecule has 6 N–H and O–H groups in total. The summed E-state index contributed by atoms with van der Waals surface area (Å²) in [5.74, 6) is -10.3. The highest BCUT2D eigenvalue weighted by atomic mass is 16.5. The standard InChI is InChI=1S/C67H122N12O13/c1-26-28-30-43(13)56(80)55-60(84)71-47(27-2)62(86)74(19)49(31-29-34-68-17)63(87)78(23)54(44(14)37-92-25)59(83)72-52(41(9)10)66(90)73(18)48(33-32-38(3)4)58(82)69-45(15)57(81)70-46(16)61(85)75(20)50(35-39(5)6)64(88)76(21)51(36-40(7)8)65(89)77(22)53(42(11)12)67(91)79(55)24/h26,28,38-56,68,80H,27,29-37H2,1-25H3,(H,69,82)(H,70,81)(H,71,84)(H,72,83)/b28-26+/t43-,44-,45+,46-,47+,48+,49-,50+,51+,52+,53+,54+,55+,56-/m1/s1. The summed E-state index contributed by atoms with van der Waals surface area (Å²) in [6.07, 6.45) is 3.78. The second-order valence-corrected chi connectivity index (χ2v) is 27.6. The molecule has 0 aromatic heterocycles. The minimum absolute atomic E-state index is 0.00385. The van der Waals surface area contributed by atoms with Crippen LogP contribution >= 0.6 is 0 Å². The molecule has 0 spiro atoms. The van der Waals surface area contributed by atoms with Gasteiger partial charge in [-0.05, 0) is 121 Å². The minimum Gasteiger partial charge on any atom is -0.390 e. The number of hydrogen-bond donors (Lipinski definition) is 6. The van der Waals surface area contributed by atoms with Gasteiger partial charge in [-0.2, -0.15) is 0 Å². The maximum Gasteiger partial charge on any atom is 0.246 e. The molecule has 0 aromatic carbocycles. The van der Waals surface area contributed by atoms with Crippen LogP contribution in [0.4, 0.5) is 0 Å². The molecular formula is C67H122N12O13. The van der Waals surface area contributed by atoms with Crippen LogP contribution < -0.4 is 26.6 Å². The second-order valence-electron chi connectivity index (χ2n) is 27.6. The van der Waals surface area contributed by atoms with E-state index in [0.717, 1.165) is 4.90 Å². The van der Waals surface area contributed by atoms with Crippen LogP contribution in [0.5, 0.6) is 0 Å². The third-order valence-corrected chi connectivity index (χ3v) is 17.8. The molecule has 11 amide bonds. The van der Waals surface area contributed by atoms with Gasteiger partial charge in [-0.15, -0.1) is 0 Å². The molecule has 0 saturated carbocycles. The average Bonchev–Trinajstić information content (AvgIpc) is 0.828. The fourth-order valence-corrected chi connectivity index (χ4v) is 12.0. The van der Waals surface area contributed by atoms with Crippen LogP contribution in [0.2, 0.25) is 0 Å². The van der Waals surface area contributed by atoms with E-state index in [1.165, 1.54) is 99.7 Å². The Morgan fingerprint density at radius 1 is 0.511 bits per heavy atom. The van der Waals surface area contributed by atoms with E-state index in [1.807, 2.05) is 47.6 Å². The van der Waals surface area contributed by atoms with Gasteiger partial charge in [0.05, 0.1) is 12.7 Å². The van der Waals surface area contributed by atoms with Crippen molar-refractivity contribution in [3.8, 4) is 0 Å². The molecule has 0 aliphatic carbocycles. The number of carbonyl (C=O) groups excluding carboxylic acids is 11. The fraction of sp³-hybridized carbons (Fsp3) is 0.806. The van der Waals surface area contributed by atoms with Gasteiger partial charge in [0.25, 0.3) is 0 Å². The Bertz CT molecular complexity index is 2480. The number of carbonyl (C=O) groups is 11. The molecule has 1 fully saturated rings. The molecule has 92 heavy (non-hydrogen) atoms. The number of likely N-dealkylation sites (N-methyl/N-ethyl adjacent to an activating group) is 7. The fourth-order valence-electron chi connectivity index (χ4n) is 12.0. The van der Waals surface area contributed by atoms with Crippen LogP contribution in [0, 0.1) is 41.4 Å². The first-order valence-corrected chi connectivity index (χ1v) is 33.2. The number of nitrogens with one attached hydrogen (secondary N) is 5. The highest BCUT2D eigenvalue weighted by Gasteiger charge is 2.47. The van der Waals surface area contributed by atoms with Crippen LogP contribution in [-0.2, 0) is 57.5 Å². The summed E-state index contributed by atoms with van der Waals surface area (Å²) in [6, 6.07) is -13.9. The normalized spacial score (nSPS) is 26.9. The lowest BCUT2D eigenvalue weighted by molar-refractivity contribution is -0.157. The Kier molecular flexibility index (Phi) is 36.0. The number of methoxy groups -OCH3 is 1. The van der Waals surface area contributed by atoms with Gasteiger partial charge >= 0.3 is 0 Å². The van der Waals surface area contributed by atoms with Gasteiger partial charge in [0, 0.05) is 62.4 Å². The number of aliphatic hydroxyl groups excluding tert-OH is 1. The Morgan fingerprint density at radius 3 is 1.46 bits per heavy atom. The van der Waals surface area contributed by atoms with Crippen molar-refractivity contribution in [2.75, 3.05) is 76.6 Å². The molecule has 1 rings (SSSR count). The Balaban J connectivity index is 4.54. The first kappa shape index (κ1) is 83.8. The number of hydrogen-bond acceptors (Lipinski definition) is 14. The quantitative estimate of drug-likeness (QED) is 0.0711. The average molecular weight is 1300 g/mol. The number of amides is 11. The van der Waals surface area contributed by atoms with E-state index in [4.69, 9.17) is 4.74 Å². The number of allylic oxidation sites excluding steroid dienone is 2. The molecular weight excluding hydrogens is 1180 g/mol. The summed E-state index contributed by atoms with van der Waals surface area (Å²) < 4.78 is 5.53. The van der Waals surface area contributed by atoms with Gasteiger partial charge < -0.3 is 70.7 Å². The lowest BCUT2D eigenvalue weighted by atomic mass is 9.91. The van der Waals surface area contributed by atoms with Crippen molar-refractivity contribution >= 4 is 65.0 Å². The molecule has 0 unspecified atom stereocenters. The zero-order valence-electron chi connectivity index (χ0n) is 60.7. The molecule has 1 heterocycles. The largest absolute Gasteiger partial charge is 0.390 e. The molecule has 0 radical (unpaired) electrons. The molecule has 25 heteroatoms. The predicted molar refractivity (Wildman–Crippen MR) is 357 cm³/mol. The highest BCUT2D eigenvalue weighted by Crippen LogP contribution is 2.26. The van der Waals surface area contributed by atoms with Crippen LogP contribution in [0.3, 0.4) is 0 Å². The summed E-state index contributed by atoms with van der Waals surface area (Å²) in [6.45, 7) is 28.5. The van der Waals surface area contributed by atoms with E-state index in [0.29, 0.717) is 25.8 Å². The smallest absolute Gasteiger partial charge is 0.246 e. The number of ether oxygens (including phenoxy) is 1. The lowest BCUT2D eigenvalue weighted by Crippen LogP contribution is -2.64. The zero-order valence-corrected chi connectivity index (χ0v) is 60.7. The summed E-state index contributed by atoms with van der Waals surface area (Å²) in [5, 5.41) is 26.5. The zero-order chi connectivity index (χ0) is 71.1. The van der Waals surface area contributed by atoms with E-state index in [2.05, 4.69) is 26.6 Å². The predicted octanol–water partition coefficient (Wildman–Crippen LogP) is 3.26. The topological polar surface area (TPSA) is 300 Å². The van der Waals surface area contributed by atoms with Crippen molar-refractivity contribution in [2.24, 2.45) is 41.4 Å². The van der Waals surface area contributed by atoms with Gasteiger partial charge in [-0.25, -0.2) is 0 Å². The van der Waals surface area contributed by atoms with Gasteiger partial charge in [0.2, 0.25) is 65.0 Å². The third kappa shape index (κ3) is 23.4. The minimum atomic E-state index is -1.64. The van der Waals surface area contributed by atoms with Gasteiger partial charge in [-0.3, -0.25) is 52.7 Å². The first-order chi connectivity index (χ1) is 42.7. The van der Waals surface area contributed by atoms with E-state index < -0.39 is 161 Å². The second kappa shape index (κ2) is 39.5. The van der Waals surface area contributed by atoms with Crippen molar-refractivity contribution in [3.05, 3.63) is 12.2 Å². The summed E-state index contributed by atoms with van der Waals surface area (Å²) >= 11 is 0. The molecule has 0 bridgehead atoms. The number of rotatable bonds is 21. The number of aliphatic hydroxyl groups is 1. The molecule has 1 saturated heterocycles. The number of nitrogens with zero attached hydrogens (tertiary/aromatic N) is 7. The molecule has 14 atom stereocenters. The van der Waals surface area contributed by atoms with Crippen molar-refractivity contribution in [1.82, 2.24) is 60.9 Å². The van der Waals surface area contributed by atoms with E-state index >= 15 is 28.8 Å².